The number of benzene rings is 2. The highest BCUT2D eigenvalue weighted by Gasteiger charge is 2.07. The number of hydrogen-bond donors (Lipinski definition) is 2. The summed E-state index contributed by atoms with van der Waals surface area (Å²) in [5, 5.41) is 18.0. The summed E-state index contributed by atoms with van der Waals surface area (Å²) in [6.07, 6.45) is 1.49. The minimum absolute atomic E-state index is 0.0445. The molecule has 1 heterocycles. The van der Waals surface area contributed by atoms with E-state index in [2.05, 4.69) is 15.6 Å². The molecule has 144 valence electrons. The van der Waals surface area contributed by atoms with Gasteiger partial charge >= 0.3 is 0 Å². The average molecular weight is 378 g/mol. The lowest BCUT2D eigenvalue weighted by Crippen LogP contribution is -2.18. The predicted octanol–water partition coefficient (Wildman–Crippen LogP) is 3.03. The maximum Gasteiger partial charge on any atom is 0.271 e. The lowest BCUT2D eigenvalue weighted by Gasteiger charge is -2.07. The number of phenols is 1. The van der Waals surface area contributed by atoms with E-state index in [9.17, 15) is 9.90 Å². The Labute approximate surface area is 163 Å². The number of carbonyl (C=O) groups is 1. The SMILES string of the molecule is COc1cc(C=NNC(=O)c2cccc(Cn3nc(C)cc3C)c2)ccc1O. The molecule has 3 rings (SSSR count). The molecule has 1 aromatic heterocycles. The summed E-state index contributed by atoms with van der Waals surface area (Å²) >= 11 is 0. The van der Waals surface area contributed by atoms with E-state index < -0.39 is 0 Å². The van der Waals surface area contributed by atoms with Gasteiger partial charge in [-0.1, -0.05) is 12.1 Å². The summed E-state index contributed by atoms with van der Waals surface area (Å²) < 4.78 is 6.95. The summed E-state index contributed by atoms with van der Waals surface area (Å²) in [6, 6.07) is 14.2. The summed E-state index contributed by atoms with van der Waals surface area (Å²) in [7, 11) is 1.47. The molecule has 7 heteroatoms. The predicted molar refractivity (Wildman–Crippen MR) is 107 cm³/mol. The van der Waals surface area contributed by atoms with Gasteiger partial charge in [0, 0.05) is 11.3 Å². The van der Waals surface area contributed by atoms with Crippen molar-refractivity contribution in [1.29, 1.82) is 0 Å². The van der Waals surface area contributed by atoms with Crippen LogP contribution in [-0.4, -0.2) is 34.1 Å². The third-order valence-electron chi connectivity index (χ3n) is 4.21. The Bertz CT molecular complexity index is 1020. The first kappa shape index (κ1) is 19.2. The van der Waals surface area contributed by atoms with Gasteiger partial charge in [-0.2, -0.15) is 10.2 Å². The molecule has 7 nitrogen and oxygen atoms in total. The van der Waals surface area contributed by atoms with E-state index in [1.165, 1.54) is 19.4 Å². The van der Waals surface area contributed by atoms with Gasteiger partial charge in [-0.3, -0.25) is 9.48 Å². The van der Waals surface area contributed by atoms with Crippen LogP contribution in [0.1, 0.15) is 32.9 Å². The van der Waals surface area contributed by atoms with Gasteiger partial charge in [0.05, 0.1) is 25.6 Å². The van der Waals surface area contributed by atoms with Crippen LogP contribution in [0.4, 0.5) is 0 Å². The number of carbonyl (C=O) groups excluding carboxylic acids is 1. The van der Waals surface area contributed by atoms with Crippen LogP contribution in [0.5, 0.6) is 11.5 Å². The van der Waals surface area contributed by atoms with Crippen molar-refractivity contribution < 1.29 is 14.6 Å². The molecule has 0 radical (unpaired) electrons. The van der Waals surface area contributed by atoms with Crippen LogP contribution in [0.15, 0.2) is 53.6 Å². The quantitative estimate of drug-likeness (QED) is 0.510. The zero-order valence-electron chi connectivity index (χ0n) is 16.0. The van der Waals surface area contributed by atoms with E-state index in [0.717, 1.165) is 17.0 Å². The fourth-order valence-electron chi connectivity index (χ4n) is 2.82. The molecule has 0 fully saturated rings. The molecule has 2 aromatic carbocycles. The Morgan fingerprint density at radius 1 is 1.25 bits per heavy atom. The van der Waals surface area contributed by atoms with Crippen molar-refractivity contribution in [2.75, 3.05) is 7.11 Å². The highest BCUT2D eigenvalue weighted by molar-refractivity contribution is 5.95. The van der Waals surface area contributed by atoms with Gasteiger partial charge in [-0.15, -0.1) is 0 Å². The molecular formula is C21H22N4O3. The summed E-state index contributed by atoms with van der Waals surface area (Å²) in [5.74, 6) is 0.0763. The van der Waals surface area contributed by atoms with Crippen LogP contribution in [-0.2, 0) is 6.54 Å². The molecule has 0 atom stereocenters. The lowest BCUT2D eigenvalue weighted by molar-refractivity contribution is 0.0955. The van der Waals surface area contributed by atoms with Crippen LogP contribution in [0.2, 0.25) is 0 Å². The maximum atomic E-state index is 12.4. The maximum absolute atomic E-state index is 12.4. The third-order valence-corrected chi connectivity index (χ3v) is 4.21. The Hall–Kier alpha value is -3.61. The largest absolute Gasteiger partial charge is 0.504 e. The highest BCUT2D eigenvalue weighted by atomic mass is 16.5. The van der Waals surface area contributed by atoms with Crippen LogP contribution < -0.4 is 10.2 Å². The fraction of sp³-hybridized carbons (Fsp3) is 0.190. The van der Waals surface area contributed by atoms with Gasteiger partial charge in [-0.25, -0.2) is 5.43 Å². The summed E-state index contributed by atoms with van der Waals surface area (Å²) in [5.41, 5.74) is 6.73. The molecule has 0 aliphatic heterocycles. The zero-order chi connectivity index (χ0) is 20.1. The van der Waals surface area contributed by atoms with Crippen molar-refractivity contribution >= 4 is 12.1 Å². The molecule has 1 amide bonds. The van der Waals surface area contributed by atoms with Crippen molar-refractivity contribution in [1.82, 2.24) is 15.2 Å². The number of nitrogens with zero attached hydrogens (tertiary/aromatic N) is 3. The van der Waals surface area contributed by atoms with Gasteiger partial charge in [-0.05, 0) is 61.4 Å². The molecule has 3 aromatic rings. The number of nitrogens with one attached hydrogen (secondary N) is 1. The molecule has 0 bridgehead atoms. The third kappa shape index (κ3) is 4.56. The van der Waals surface area contributed by atoms with E-state index in [4.69, 9.17) is 4.74 Å². The van der Waals surface area contributed by atoms with Crippen molar-refractivity contribution in [2.45, 2.75) is 20.4 Å². The van der Waals surface area contributed by atoms with Crippen molar-refractivity contribution in [2.24, 2.45) is 5.10 Å². The van der Waals surface area contributed by atoms with Crippen LogP contribution in [0, 0.1) is 13.8 Å². The molecule has 0 saturated carbocycles. The minimum Gasteiger partial charge on any atom is -0.504 e. The Balaban J connectivity index is 1.67. The first-order valence-corrected chi connectivity index (χ1v) is 8.76. The normalized spacial score (nSPS) is 11.0. The number of aryl methyl sites for hydroxylation is 2. The Morgan fingerprint density at radius 2 is 2.07 bits per heavy atom. The standard InChI is InChI=1S/C21H22N4O3/c1-14-9-15(2)25(24-14)13-17-5-4-6-18(10-17)21(27)23-22-12-16-7-8-19(26)20(11-16)28-3/h4-12,26H,13H2,1-3H3,(H,23,27). The zero-order valence-corrected chi connectivity index (χ0v) is 16.0. The van der Waals surface area contributed by atoms with E-state index >= 15 is 0 Å². The van der Waals surface area contributed by atoms with Crippen molar-refractivity contribution in [3.63, 3.8) is 0 Å². The fourth-order valence-corrected chi connectivity index (χ4v) is 2.82. The molecule has 0 spiro atoms. The second kappa shape index (κ2) is 8.39. The van der Waals surface area contributed by atoms with E-state index in [-0.39, 0.29) is 11.7 Å². The molecule has 0 aliphatic rings. The number of phenolic OH excluding ortho intramolecular Hbond substituents is 1. The molecular weight excluding hydrogens is 356 g/mol. The number of hydrazone groups is 1. The minimum atomic E-state index is -0.308. The van der Waals surface area contributed by atoms with Gasteiger partial charge in [0.2, 0.25) is 0 Å². The average Bonchev–Trinajstić information content (AvgIpc) is 3.00. The smallest absolute Gasteiger partial charge is 0.271 e. The Morgan fingerprint density at radius 3 is 2.79 bits per heavy atom. The van der Waals surface area contributed by atoms with Crippen molar-refractivity contribution in [3.8, 4) is 11.5 Å². The van der Waals surface area contributed by atoms with Gasteiger partial charge < -0.3 is 9.84 Å². The van der Waals surface area contributed by atoms with Crippen molar-refractivity contribution in [3.05, 3.63) is 76.6 Å². The number of amides is 1. The number of rotatable bonds is 6. The summed E-state index contributed by atoms with van der Waals surface area (Å²) in [4.78, 5) is 12.4. The molecule has 0 saturated heterocycles. The lowest BCUT2D eigenvalue weighted by atomic mass is 10.1. The number of hydrogen-bond acceptors (Lipinski definition) is 5. The van der Waals surface area contributed by atoms with E-state index in [1.54, 1.807) is 18.2 Å². The second-order valence-corrected chi connectivity index (χ2v) is 6.42. The van der Waals surface area contributed by atoms with Crippen LogP contribution in [0.3, 0.4) is 0 Å². The van der Waals surface area contributed by atoms with Gasteiger partial charge in [0.15, 0.2) is 11.5 Å². The number of methoxy groups -OCH3 is 1. The first-order valence-electron chi connectivity index (χ1n) is 8.76. The Kier molecular flexibility index (Phi) is 5.74. The van der Waals surface area contributed by atoms with Crippen LogP contribution >= 0.6 is 0 Å². The topological polar surface area (TPSA) is 88.7 Å². The molecule has 0 aliphatic carbocycles. The van der Waals surface area contributed by atoms with E-state index in [1.807, 2.05) is 42.8 Å². The second-order valence-electron chi connectivity index (χ2n) is 6.42. The number of aromatic hydroxyl groups is 1. The summed E-state index contributed by atoms with van der Waals surface area (Å²) in [6.45, 7) is 4.55. The first-order chi connectivity index (χ1) is 13.5. The number of aromatic nitrogens is 2. The molecule has 0 unspecified atom stereocenters. The highest BCUT2D eigenvalue weighted by Crippen LogP contribution is 2.25. The molecule has 28 heavy (non-hydrogen) atoms. The van der Waals surface area contributed by atoms with Gasteiger partial charge in [0.25, 0.3) is 5.91 Å². The monoisotopic (exact) mass is 378 g/mol. The van der Waals surface area contributed by atoms with Crippen LogP contribution in [0.25, 0.3) is 0 Å². The van der Waals surface area contributed by atoms with Gasteiger partial charge in [0.1, 0.15) is 0 Å². The number of ether oxygens (including phenoxy) is 1. The van der Waals surface area contributed by atoms with E-state index in [0.29, 0.717) is 23.4 Å². The molecule has 2 N–H and O–H groups in total.